The molecule has 1 N–H and O–H groups in total. The molecule has 2 heterocycles. The maximum absolute atomic E-state index is 16.1. The fraction of sp³-hybridized carbons (Fsp3) is 0.333. The minimum Gasteiger partial charge on any atom is -0.477 e. The van der Waals surface area contributed by atoms with Gasteiger partial charge in [-0.1, -0.05) is 30.0 Å². The number of anilines is 1. The summed E-state index contributed by atoms with van der Waals surface area (Å²) in [6, 6.07) is 8.84. The number of aromatic carboxylic acids is 1. The summed E-state index contributed by atoms with van der Waals surface area (Å²) in [5.74, 6) is -3.03. The highest BCUT2D eigenvalue weighted by molar-refractivity contribution is 7.99. The first kappa shape index (κ1) is 21.9. The van der Waals surface area contributed by atoms with Crippen molar-refractivity contribution in [1.29, 1.82) is 0 Å². The molecule has 1 saturated carbocycles. The van der Waals surface area contributed by atoms with E-state index in [4.69, 9.17) is 0 Å². The van der Waals surface area contributed by atoms with E-state index in [2.05, 4.69) is 4.90 Å². The van der Waals surface area contributed by atoms with Crippen molar-refractivity contribution in [2.45, 2.75) is 28.7 Å². The lowest BCUT2D eigenvalue weighted by Crippen LogP contribution is -2.45. The molecule has 5 rings (SSSR count). The van der Waals surface area contributed by atoms with Gasteiger partial charge in [-0.3, -0.25) is 4.79 Å². The molecule has 0 radical (unpaired) electrons. The molecule has 2 aromatic carbocycles. The Kier molecular flexibility index (Phi) is 5.62. The van der Waals surface area contributed by atoms with Gasteiger partial charge in [0.25, 0.3) is 0 Å². The monoisotopic (exact) mass is 471 g/mol. The SMILES string of the molecule is CN1CCN(c2c(F)c(Sc3ccccc3)c3c(=O)c(C(=O)O)cn(C4CC4)c3c2F)CC1. The molecule has 9 heteroatoms. The van der Waals surface area contributed by atoms with Gasteiger partial charge in [0, 0.05) is 43.3 Å². The van der Waals surface area contributed by atoms with Gasteiger partial charge in [-0.15, -0.1) is 0 Å². The van der Waals surface area contributed by atoms with Crippen LogP contribution in [0, 0.1) is 11.6 Å². The normalized spacial score (nSPS) is 17.0. The average Bonchev–Trinajstić information content (AvgIpc) is 3.64. The number of halogens is 2. The molecule has 3 aromatic rings. The molecule has 172 valence electrons. The highest BCUT2D eigenvalue weighted by Crippen LogP contribution is 2.44. The fourth-order valence-electron chi connectivity index (χ4n) is 4.30. The number of pyridine rings is 1. The second-order valence-corrected chi connectivity index (χ2v) is 9.63. The van der Waals surface area contributed by atoms with E-state index in [0.29, 0.717) is 31.1 Å². The number of aromatic nitrogens is 1. The van der Waals surface area contributed by atoms with Crippen molar-refractivity contribution in [2.24, 2.45) is 0 Å². The summed E-state index contributed by atoms with van der Waals surface area (Å²) in [5, 5.41) is 9.43. The maximum Gasteiger partial charge on any atom is 0.341 e. The van der Waals surface area contributed by atoms with Crippen molar-refractivity contribution in [3.8, 4) is 0 Å². The largest absolute Gasteiger partial charge is 0.477 e. The Morgan fingerprint density at radius 2 is 1.73 bits per heavy atom. The zero-order valence-electron chi connectivity index (χ0n) is 18.1. The lowest BCUT2D eigenvalue weighted by molar-refractivity contribution is 0.0694. The number of carboxylic acids is 1. The number of fused-ring (bicyclic) bond motifs is 1. The third-order valence-corrected chi connectivity index (χ3v) is 7.33. The van der Waals surface area contributed by atoms with Gasteiger partial charge >= 0.3 is 5.97 Å². The smallest absolute Gasteiger partial charge is 0.341 e. The molecule has 2 fully saturated rings. The number of rotatable bonds is 5. The van der Waals surface area contributed by atoms with E-state index in [9.17, 15) is 14.7 Å². The van der Waals surface area contributed by atoms with E-state index in [1.165, 1.54) is 10.8 Å². The zero-order valence-corrected chi connectivity index (χ0v) is 18.9. The van der Waals surface area contributed by atoms with Crippen LogP contribution in [-0.4, -0.2) is 53.8 Å². The van der Waals surface area contributed by atoms with Crippen molar-refractivity contribution >= 4 is 34.3 Å². The molecule has 1 saturated heterocycles. The standard InChI is InChI=1S/C24H23F2N3O3S/c1-27-9-11-28(12-10-27)21-18(25)20-17(23(19(21)26)33-15-5-3-2-4-6-15)22(30)16(24(31)32)13-29(20)14-7-8-14/h2-6,13-14H,7-12H2,1H3,(H,31,32). The van der Waals surface area contributed by atoms with E-state index in [0.717, 1.165) is 24.6 Å². The Balaban J connectivity index is 1.84. The summed E-state index contributed by atoms with van der Waals surface area (Å²) >= 11 is 1.02. The van der Waals surface area contributed by atoms with Gasteiger partial charge in [0.15, 0.2) is 11.6 Å². The van der Waals surface area contributed by atoms with Gasteiger partial charge in [-0.05, 0) is 32.0 Å². The molecule has 6 nitrogen and oxygen atoms in total. The first-order chi connectivity index (χ1) is 15.9. The predicted octanol–water partition coefficient (Wildman–Crippen LogP) is 4.22. The number of nitrogens with zero attached hydrogens (tertiary/aromatic N) is 3. The molecule has 0 unspecified atom stereocenters. The van der Waals surface area contributed by atoms with Crippen LogP contribution in [0.4, 0.5) is 14.5 Å². The second kappa shape index (κ2) is 8.46. The Labute approximate surface area is 193 Å². The molecular formula is C24H23F2N3O3S. The summed E-state index contributed by atoms with van der Waals surface area (Å²) in [6.45, 7) is 2.22. The number of carbonyl (C=O) groups is 1. The third-order valence-electron chi connectivity index (χ3n) is 6.24. The minimum absolute atomic E-state index is 0.0127. The van der Waals surface area contributed by atoms with Crippen molar-refractivity contribution < 1.29 is 18.7 Å². The van der Waals surface area contributed by atoms with Crippen LogP contribution in [-0.2, 0) is 0 Å². The van der Waals surface area contributed by atoms with Crippen LogP contribution < -0.4 is 10.3 Å². The number of piperazine rings is 1. The van der Waals surface area contributed by atoms with Crippen LogP contribution in [0.15, 0.2) is 51.1 Å². The Hall–Kier alpha value is -2.91. The zero-order chi connectivity index (χ0) is 23.3. The fourth-order valence-corrected chi connectivity index (χ4v) is 5.30. The summed E-state index contributed by atoms with van der Waals surface area (Å²) < 4.78 is 33.7. The summed E-state index contributed by atoms with van der Waals surface area (Å²) in [5.41, 5.74) is -1.50. The van der Waals surface area contributed by atoms with E-state index in [1.807, 2.05) is 13.1 Å². The summed E-state index contributed by atoms with van der Waals surface area (Å²) in [4.78, 5) is 29.5. The molecule has 0 atom stereocenters. The molecule has 0 bridgehead atoms. The van der Waals surface area contributed by atoms with Crippen LogP contribution in [0.2, 0.25) is 0 Å². The number of likely N-dealkylation sites (N-methyl/N-ethyl adjacent to an activating group) is 1. The van der Waals surface area contributed by atoms with Crippen LogP contribution >= 0.6 is 11.8 Å². The van der Waals surface area contributed by atoms with Gasteiger partial charge in [-0.25, -0.2) is 13.6 Å². The van der Waals surface area contributed by atoms with Crippen molar-refractivity contribution in [1.82, 2.24) is 9.47 Å². The van der Waals surface area contributed by atoms with Crippen molar-refractivity contribution in [3.63, 3.8) is 0 Å². The van der Waals surface area contributed by atoms with E-state index in [-0.39, 0.29) is 27.5 Å². The molecule has 1 aliphatic heterocycles. The number of hydrogen-bond acceptors (Lipinski definition) is 5. The van der Waals surface area contributed by atoms with Gasteiger partial charge in [0.05, 0.1) is 15.8 Å². The topological polar surface area (TPSA) is 65.8 Å². The van der Waals surface area contributed by atoms with Crippen molar-refractivity contribution in [2.75, 3.05) is 38.1 Å². The lowest BCUT2D eigenvalue weighted by atomic mass is 10.1. The molecule has 2 aliphatic rings. The summed E-state index contributed by atoms with van der Waals surface area (Å²) in [6.07, 6.45) is 2.72. The molecule has 33 heavy (non-hydrogen) atoms. The maximum atomic E-state index is 16.1. The quantitative estimate of drug-likeness (QED) is 0.601. The highest BCUT2D eigenvalue weighted by Gasteiger charge is 2.34. The second-order valence-electron chi connectivity index (χ2n) is 8.55. The van der Waals surface area contributed by atoms with E-state index >= 15 is 8.78 Å². The van der Waals surface area contributed by atoms with Crippen LogP contribution in [0.25, 0.3) is 10.9 Å². The lowest BCUT2D eigenvalue weighted by Gasteiger charge is -2.35. The van der Waals surface area contributed by atoms with Crippen LogP contribution in [0.5, 0.6) is 0 Å². The number of carboxylic acid groups (broad SMARTS) is 1. The van der Waals surface area contributed by atoms with Gasteiger partial charge in [0.2, 0.25) is 5.43 Å². The van der Waals surface area contributed by atoms with E-state index in [1.54, 1.807) is 29.2 Å². The van der Waals surface area contributed by atoms with E-state index < -0.39 is 28.6 Å². The number of benzene rings is 2. The van der Waals surface area contributed by atoms with Crippen molar-refractivity contribution in [3.05, 3.63) is 63.9 Å². The van der Waals surface area contributed by atoms with Gasteiger partial charge in [-0.2, -0.15) is 0 Å². The first-order valence-corrected chi connectivity index (χ1v) is 11.7. The Morgan fingerprint density at radius 1 is 1.06 bits per heavy atom. The van der Waals surface area contributed by atoms with Gasteiger partial charge in [0.1, 0.15) is 11.3 Å². The molecular weight excluding hydrogens is 448 g/mol. The predicted molar refractivity (Wildman–Crippen MR) is 124 cm³/mol. The van der Waals surface area contributed by atoms with Crippen LogP contribution in [0.3, 0.4) is 0 Å². The number of hydrogen-bond donors (Lipinski definition) is 1. The summed E-state index contributed by atoms with van der Waals surface area (Å²) in [7, 11) is 1.96. The average molecular weight is 472 g/mol. The molecule has 1 aromatic heterocycles. The Morgan fingerprint density at radius 3 is 2.33 bits per heavy atom. The first-order valence-electron chi connectivity index (χ1n) is 10.9. The highest BCUT2D eigenvalue weighted by atomic mass is 32.2. The minimum atomic E-state index is -1.41. The molecule has 1 aliphatic carbocycles. The Bertz CT molecular complexity index is 1300. The molecule has 0 amide bonds. The van der Waals surface area contributed by atoms with Crippen LogP contribution in [0.1, 0.15) is 29.2 Å². The third kappa shape index (κ3) is 3.89. The van der Waals surface area contributed by atoms with Gasteiger partial charge < -0.3 is 19.5 Å². The molecule has 0 spiro atoms.